The molecule has 1 aromatic carbocycles. The summed E-state index contributed by atoms with van der Waals surface area (Å²) in [6.45, 7) is 4.73. The molecule has 2 aliphatic rings. The molecule has 0 aromatic heterocycles. The maximum Gasteiger partial charge on any atom is 0.254 e. The molecule has 0 radical (unpaired) electrons. The van der Waals surface area contributed by atoms with E-state index in [1.54, 1.807) is 13.8 Å². The molecule has 0 saturated carbocycles. The Hall–Kier alpha value is -1.68. The molecule has 27 heavy (non-hydrogen) atoms. The second-order valence-electron chi connectivity index (χ2n) is 6.80. The predicted molar refractivity (Wildman–Crippen MR) is 99.1 cm³/mol. The number of carbonyl (C=O) groups excluding carboxylic acids is 2. The molecular formula is C17H22ClN3O5S. The minimum Gasteiger partial charge on any atom is -0.373 e. The van der Waals surface area contributed by atoms with Gasteiger partial charge < -0.3 is 15.0 Å². The first-order valence-corrected chi connectivity index (χ1v) is 10.5. The smallest absolute Gasteiger partial charge is 0.254 e. The number of piperazine rings is 1. The van der Waals surface area contributed by atoms with Gasteiger partial charge in [0.05, 0.1) is 23.8 Å². The van der Waals surface area contributed by atoms with Crippen LogP contribution in [0.25, 0.3) is 0 Å². The lowest BCUT2D eigenvalue weighted by molar-refractivity contribution is -0.123. The van der Waals surface area contributed by atoms with Gasteiger partial charge in [0.2, 0.25) is 15.9 Å². The fourth-order valence-corrected chi connectivity index (χ4v) is 5.39. The molecule has 1 N–H and O–H groups in total. The standard InChI is InChI=1S/C17H22ClN3O5S/c1-11-8-21(9-12(2)26-11)27(24,25)15-7-13(3-4-14(15)18)17(23)20-6-5-19-16(22)10-20/h3-4,7,11-12H,5-6,8-10H2,1-2H3,(H,19,22)/t11-,12+. The molecule has 2 saturated heterocycles. The molecule has 1 aromatic rings. The van der Waals surface area contributed by atoms with Crippen LogP contribution >= 0.6 is 11.6 Å². The van der Waals surface area contributed by atoms with Crippen LogP contribution in [-0.4, -0.2) is 74.4 Å². The first-order valence-electron chi connectivity index (χ1n) is 8.69. The van der Waals surface area contributed by atoms with Crippen molar-refractivity contribution >= 4 is 33.4 Å². The fraction of sp³-hybridized carbons (Fsp3) is 0.529. The Morgan fingerprint density at radius 3 is 2.56 bits per heavy atom. The molecule has 0 unspecified atom stereocenters. The van der Waals surface area contributed by atoms with Gasteiger partial charge in [0.1, 0.15) is 4.90 Å². The third-order valence-corrected chi connectivity index (χ3v) is 6.82. The number of amides is 2. The summed E-state index contributed by atoms with van der Waals surface area (Å²) in [6.07, 6.45) is -0.474. The monoisotopic (exact) mass is 415 g/mol. The highest BCUT2D eigenvalue weighted by Gasteiger charge is 2.34. The first-order chi connectivity index (χ1) is 12.7. The van der Waals surface area contributed by atoms with Gasteiger partial charge in [0, 0.05) is 31.7 Å². The van der Waals surface area contributed by atoms with E-state index in [2.05, 4.69) is 5.32 Å². The molecule has 148 valence electrons. The Balaban J connectivity index is 1.90. The van der Waals surface area contributed by atoms with E-state index >= 15 is 0 Å². The number of nitrogens with zero attached hydrogens (tertiary/aromatic N) is 2. The zero-order valence-electron chi connectivity index (χ0n) is 15.1. The lowest BCUT2D eigenvalue weighted by Crippen LogP contribution is -2.50. The van der Waals surface area contributed by atoms with Crippen LogP contribution in [0.4, 0.5) is 0 Å². The van der Waals surface area contributed by atoms with Gasteiger partial charge in [0.15, 0.2) is 0 Å². The summed E-state index contributed by atoms with van der Waals surface area (Å²) >= 11 is 6.16. The Labute approximate surface area is 163 Å². The van der Waals surface area contributed by atoms with E-state index in [0.717, 1.165) is 0 Å². The zero-order valence-corrected chi connectivity index (χ0v) is 16.7. The molecule has 2 aliphatic heterocycles. The quantitative estimate of drug-likeness (QED) is 0.784. The number of hydrogen-bond donors (Lipinski definition) is 1. The molecule has 0 aliphatic carbocycles. The van der Waals surface area contributed by atoms with Crippen LogP contribution in [0.2, 0.25) is 5.02 Å². The molecule has 0 spiro atoms. The Kier molecular flexibility index (Phi) is 5.76. The number of morpholine rings is 1. The van der Waals surface area contributed by atoms with Crippen LogP contribution in [-0.2, 0) is 19.6 Å². The van der Waals surface area contributed by atoms with Gasteiger partial charge in [-0.3, -0.25) is 9.59 Å². The summed E-state index contributed by atoms with van der Waals surface area (Å²) in [7, 11) is -3.88. The van der Waals surface area contributed by atoms with Crippen LogP contribution in [0.5, 0.6) is 0 Å². The van der Waals surface area contributed by atoms with Crippen LogP contribution in [0.1, 0.15) is 24.2 Å². The highest BCUT2D eigenvalue weighted by Crippen LogP contribution is 2.28. The van der Waals surface area contributed by atoms with E-state index in [1.165, 1.54) is 27.4 Å². The van der Waals surface area contributed by atoms with Gasteiger partial charge in [-0.15, -0.1) is 0 Å². The van der Waals surface area contributed by atoms with E-state index in [0.29, 0.717) is 13.1 Å². The third kappa shape index (κ3) is 4.26. The number of carbonyl (C=O) groups is 2. The summed E-state index contributed by atoms with van der Waals surface area (Å²) in [6, 6.07) is 4.16. The molecule has 2 heterocycles. The average Bonchev–Trinajstić information content (AvgIpc) is 2.60. The minimum absolute atomic E-state index is 0.0507. The summed E-state index contributed by atoms with van der Waals surface area (Å²) < 4.78 is 33.1. The molecule has 2 atom stereocenters. The van der Waals surface area contributed by atoms with Crippen molar-refractivity contribution in [1.82, 2.24) is 14.5 Å². The highest BCUT2D eigenvalue weighted by atomic mass is 35.5. The lowest BCUT2D eigenvalue weighted by atomic mass is 10.2. The van der Waals surface area contributed by atoms with E-state index in [4.69, 9.17) is 16.3 Å². The molecular weight excluding hydrogens is 394 g/mol. The first kappa shape index (κ1) is 20.1. The number of nitrogens with one attached hydrogen (secondary N) is 1. The van der Waals surface area contributed by atoms with Crippen LogP contribution in [0.3, 0.4) is 0 Å². The summed E-state index contributed by atoms with van der Waals surface area (Å²) in [5, 5.41) is 2.70. The van der Waals surface area contributed by atoms with E-state index in [-0.39, 0.29) is 53.2 Å². The number of halogens is 1. The summed E-state index contributed by atoms with van der Waals surface area (Å²) in [5.41, 5.74) is 0.182. The van der Waals surface area contributed by atoms with Crippen molar-refractivity contribution in [3.63, 3.8) is 0 Å². The van der Waals surface area contributed by atoms with E-state index in [9.17, 15) is 18.0 Å². The van der Waals surface area contributed by atoms with Crippen LogP contribution in [0, 0.1) is 0 Å². The summed E-state index contributed by atoms with van der Waals surface area (Å²) in [4.78, 5) is 25.5. The van der Waals surface area contributed by atoms with Gasteiger partial charge in [-0.2, -0.15) is 4.31 Å². The molecule has 10 heteroatoms. The predicted octanol–water partition coefficient (Wildman–Crippen LogP) is 0.710. The van der Waals surface area contributed by atoms with E-state index < -0.39 is 15.9 Å². The maximum atomic E-state index is 13.1. The zero-order chi connectivity index (χ0) is 19.8. The third-order valence-electron chi connectivity index (χ3n) is 4.51. The highest BCUT2D eigenvalue weighted by molar-refractivity contribution is 7.89. The number of hydrogen-bond acceptors (Lipinski definition) is 5. The van der Waals surface area contributed by atoms with Crippen molar-refractivity contribution in [2.75, 3.05) is 32.7 Å². The molecule has 2 amide bonds. The van der Waals surface area contributed by atoms with Gasteiger partial charge in [0.25, 0.3) is 5.91 Å². The second-order valence-corrected chi connectivity index (χ2v) is 9.11. The number of rotatable bonds is 3. The Bertz CT molecular complexity index is 850. The average molecular weight is 416 g/mol. The van der Waals surface area contributed by atoms with E-state index in [1.807, 2.05) is 0 Å². The Morgan fingerprint density at radius 2 is 1.93 bits per heavy atom. The number of sulfonamides is 1. The normalized spacial score (nSPS) is 24.6. The van der Waals surface area contributed by atoms with Gasteiger partial charge in [-0.25, -0.2) is 8.42 Å². The van der Waals surface area contributed by atoms with Crippen molar-refractivity contribution < 1.29 is 22.7 Å². The Morgan fingerprint density at radius 1 is 1.26 bits per heavy atom. The van der Waals surface area contributed by atoms with Crippen molar-refractivity contribution in [2.45, 2.75) is 31.0 Å². The van der Waals surface area contributed by atoms with Crippen molar-refractivity contribution in [3.05, 3.63) is 28.8 Å². The maximum absolute atomic E-state index is 13.1. The number of ether oxygens (including phenoxy) is 1. The topological polar surface area (TPSA) is 96.0 Å². The molecule has 3 rings (SSSR count). The van der Waals surface area contributed by atoms with Crippen molar-refractivity contribution in [3.8, 4) is 0 Å². The lowest BCUT2D eigenvalue weighted by Gasteiger charge is -2.34. The largest absolute Gasteiger partial charge is 0.373 e. The SMILES string of the molecule is C[C@@H]1CN(S(=O)(=O)c2cc(C(=O)N3CCNC(=O)C3)ccc2Cl)C[C@H](C)O1. The number of benzene rings is 1. The van der Waals surface area contributed by atoms with Crippen LogP contribution in [0.15, 0.2) is 23.1 Å². The van der Waals surface area contributed by atoms with Crippen LogP contribution < -0.4 is 5.32 Å². The summed E-state index contributed by atoms with van der Waals surface area (Å²) in [5.74, 6) is -0.644. The molecule has 8 nitrogen and oxygen atoms in total. The molecule has 0 bridgehead atoms. The second kappa shape index (κ2) is 7.75. The van der Waals surface area contributed by atoms with Gasteiger partial charge in [-0.1, -0.05) is 11.6 Å². The van der Waals surface area contributed by atoms with Gasteiger partial charge in [-0.05, 0) is 32.0 Å². The van der Waals surface area contributed by atoms with Crippen molar-refractivity contribution in [1.29, 1.82) is 0 Å². The fourth-order valence-electron chi connectivity index (χ4n) is 3.29. The van der Waals surface area contributed by atoms with Crippen molar-refractivity contribution in [2.24, 2.45) is 0 Å². The van der Waals surface area contributed by atoms with Gasteiger partial charge >= 0.3 is 0 Å². The molecule has 2 fully saturated rings. The minimum atomic E-state index is -3.88.